The van der Waals surface area contributed by atoms with Gasteiger partial charge in [0.05, 0.1) is 12.0 Å². The quantitative estimate of drug-likeness (QED) is 0.500. The molecule has 1 aliphatic heterocycles. The Kier molecular flexibility index (Phi) is 4.06. The van der Waals surface area contributed by atoms with Crippen molar-refractivity contribution in [2.24, 2.45) is 0 Å². The predicted molar refractivity (Wildman–Crippen MR) is 113 cm³/mol. The van der Waals surface area contributed by atoms with E-state index in [0.717, 1.165) is 17.9 Å². The molecule has 4 aromatic rings. The van der Waals surface area contributed by atoms with Crippen molar-refractivity contribution in [1.82, 2.24) is 9.97 Å². The van der Waals surface area contributed by atoms with Crippen molar-refractivity contribution >= 4 is 5.82 Å². The van der Waals surface area contributed by atoms with Crippen molar-refractivity contribution in [2.75, 3.05) is 4.90 Å². The Morgan fingerprint density at radius 1 is 0.714 bits per heavy atom. The number of rotatable bonds is 4. The number of nitrogens with one attached hydrogen (secondary N) is 1. The molecular formula is C25H21N3. The first-order valence-electron chi connectivity index (χ1n) is 9.55. The molecule has 0 atom stereocenters. The maximum absolute atomic E-state index is 4.70. The monoisotopic (exact) mass is 363 g/mol. The van der Waals surface area contributed by atoms with Crippen LogP contribution in [0.2, 0.25) is 0 Å². The zero-order chi connectivity index (χ0) is 18.8. The molecule has 2 heterocycles. The van der Waals surface area contributed by atoms with Gasteiger partial charge in [-0.15, -0.1) is 0 Å². The van der Waals surface area contributed by atoms with Crippen LogP contribution in [0.3, 0.4) is 0 Å². The molecule has 1 aromatic heterocycles. The number of imidazole rings is 1. The van der Waals surface area contributed by atoms with E-state index in [1.165, 1.54) is 16.7 Å². The summed E-state index contributed by atoms with van der Waals surface area (Å²) < 4.78 is 0. The third kappa shape index (κ3) is 2.48. The average Bonchev–Trinajstić information content (AvgIpc) is 3.26. The zero-order valence-corrected chi connectivity index (χ0v) is 15.5. The molecule has 0 unspecified atom stereocenters. The highest BCUT2D eigenvalue weighted by atomic mass is 15.3. The highest BCUT2D eigenvalue weighted by Crippen LogP contribution is 2.46. The Labute approximate surface area is 165 Å². The maximum Gasteiger partial charge on any atom is 0.155 e. The predicted octanol–water partition coefficient (Wildman–Crippen LogP) is 5.28. The molecule has 0 aliphatic carbocycles. The van der Waals surface area contributed by atoms with E-state index in [4.69, 9.17) is 4.98 Å². The molecule has 3 nitrogen and oxygen atoms in total. The topological polar surface area (TPSA) is 31.9 Å². The molecule has 0 fully saturated rings. The summed E-state index contributed by atoms with van der Waals surface area (Å²) in [5, 5.41) is 0. The van der Waals surface area contributed by atoms with E-state index in [2.05, 4.69) is 113 Å². The number of hydrogen-bond acceptors (Lipinski definition) is 2. The smallest absolute Gasteiger partial charge is 0.155 e. The van der Waals surface area contributed by atoms with E-state index in [9.17, 15) is 0 Å². The molecule has 1 aliphatic rings. The van der Waals surface area contributed by atoms with Crippen LogP contribution in [0, 0.1) is 0 Å². The van der Waals surface area contributed by atoms with Crippen molar-refractivity contribution in [2.45, 2.75) is 12.0 Å². The second-order valence-electron chi connectivity index (χ2n) is 6.97. The first-order valence-corrected chi connectivity index (χ1v) is 9.55. The number of H-pyrrole nitrogens is 1. The van der Waals surface area contributed by atoms with Crippen LogP contribution in [0.15, 0.2) is 110 Å². The number of benzene rings is 3. The van der Waals surface area contributed by atoms with Crippen molar-refractivity contribution in [3.8, 4) is 0 Å². The van der Waals surface area contributed by atoms with Crippen LogP contribution in [0.25, 0.3) is 0 Å². The van der Waals surface area contributed by atoms with Gasteiger partial charge in [-0.05, 0) is 16.7 Å². The van der Waals surface area contributed by atoms with Crippen LogP contribution in [-0.2, 0) is 12.0 Å². The molecule has 5 rings (SSSR count). The Balaban J connectivity index is 1.89. The summed E-state index contributed by atoms with van der Waals surface area (Å²) in [5.41, 5.74) is 4.22. The van der Waals surface area contributed by atoms with Crippen molar-refractivity contribution < 1.29 is 0 Å². The molecule has 28 heavy (non-hydrogen) atoms. The molecule has 0 saturated heterocycles. The van der Waals surface area contributed by atoms with Crippen molar-refractivity contribution in [1.29, 1.82) is 0 Å². The summed E-state index contributed by atoms with van der Waals surface area (Å²) in [6, 6.07) is 32.1. The summed E-state index contributed by atoms with van der Waals surface area (Å²) in [7, 11) is 0. The molecule has 0 bridgehead atoms. The summed E-state index contributed by atoms with van der Waals surface area (Å²) in [5.74, 6) is 0.971. The number of nitrogens with zero attached hydrogens (tertiary/aromatic N) is 2. The average molecular weight is 363 g/mol. The largest absolute Gasteiger partial charge is 0.346 e. The van der Waals surface area contributed by atoms with Crippen LogP contribution < -0.4 is 4.90 Å². The first kappa shape index (κ1) is 16.6. The van der Waals surface area contributed by atoms with E-state index < -0.39 is 5.54 Å². The van der Waals surface area contributed by atoms with Gasteiger partial charge in [0.25, 0.3) is 0 Å². The minimum absolute atomic E-state index is 0.523. The fraction of sp³-hybridized carbons (Fsp3) is 0.0800. The van der Waals surface area contributed by atoms with Crippen LogP contribution in [0.1, 0.15) is 22.4 Å². The normalized spacial score (nSPS) is 13.4. The molecule has 0 spiro atoms. The Hall–Kier alpha value is -3.59. The van der Waals surface area contributed by atoms with Gasteiger partial charge in [0.2, 0.25) is 0 Å². The molecule has 3 heteroatoms. The Morgan fingerprint density at radius 2 is 1.21 bits per heavy atom. The Bertz CT molecular complexity index is 986. The van der Waals surface area contributed by atoms with E-state index in [0.29, 0.717) is 0 Å². The van der Waals surface area contributed by atoms with Gasteiger partial charge in [0, 0.05) is 12.6 Å². The molecule has 0 saturated carbocycles. The van der Waals surface area contributed by atoms with E-state index in [-0.39, 0.29) is 0 Å². The van der Waals surface area contributed by atoms with Gasteiger partial charge >= 0.3 is 0 Å². The lowest BCUT2D eigenvalue weighted by Gasteiger charge is -2.45. The number of anilines is 1. The van der Waals surface area contributed by atoms with Crippen LogP contribution >= 0.6 is 0 Å². The molecule has 3 aromatic carbocycles. The highest BCUT2D eigenvalue weighted by molar-refractivity contribution is 5.65. The van der Waals surface area contributed by atoms with Gasteiger partial charge < -0.3 is 9.88 Å². The summed E-state index contributed by atoms with van der Waals surface area (Å²) >= 11 is 0. The third-order valence-electron chi connectivity index (χ3n) is 5.44. The summed E-state index contributed by atoms with van der Waals surface area (Å²) in [4.78, 5) is 10.3. The first-order chi connectivity index (χ1) is 13.9. The molecule has 1 N–H and O–H groups in total. The number of aromatic nitrogens is 2. The Morgan fingerprint density at radius 3 is 1.71 bits per heavy atom. The third-order valence-corrected chi connectivity index (χ3v) is 5.44. The lowest BCUT2D eigenvalue weighted by Crippen LogP contribution is -2.46. The van der Waals surface area contributed by atoms with Gasteiger partial charge in [0.15, 0.2) is 5.82 Å². The minimum Gasteiger partial charge on any atom is -0.346 e. The number of hydrogen-bond donors (Lipinski definition) is 1. The van der Waals surface area contributed by atoms with Crippen molar-refractivity contribution in [3.05, 3.63) is 132 Å². The van der Waals surface area contributed by atoms with Crippen molar-refractivity contribution in [3.63, 3.8) is 0 Å². The van der Waals surface area contributed by atoms with E-state index >= 15 is 0 Å². The minimum atomic E-state index is -0.523. The molecular weight excluding hydrogens is 342 g/mol. The number of fused-ring (bicyclic) bond motifs is 1. The molecule has 0 radical (unpaired) electrons. The molecule has 0 amide bonds. The van der Waals surface area contributed by atoms with Crippen LogP contribution in [-0.4, -0.2) is 9.97 Å². The second kappa shape index (κ2) is 6.86. The van der Waals surface area contributed by atoms with Gasteiger partial charge in [-0.25, -0.2) is 4.98 Å². The fourth-order valence-electron chi connectivity index (χ4n) is 4.24. The lowest BCUT2D eigenvalue weighted by atomic mass is 9.75. The molecule has 136 valence electrons. The van der Waals surface area contributed by atoms with Gasteiger partial charge in [-0.2, -0.15) is 0 Å². The number of aromatic amines is 1. The van der Waals surface area contributed by atoms with Gasteiger partial charge in [-0.3, -0.25) is 0 Å². The SMILES string of the molecule is C1=CN(C(c2ccccc2)(c2ccccc2)c2ccccc2)c2nc[nH]c2C1. The zero-order valence-electron chi connectivity index (χ0n) is 15.5. The standard InChI is InChI=1S/C25H21N3/c1-4-11-20(12-5-1)25(21-13-6-2-7-14-21,22-15-8-3-9-16-22)28-18-10-17-23-24(28)27-19-26-23/h1-16,18-19H,17H2,(H,26,27). The van der Waals surface area contributed by atoms with E-state index in [1.807, 2.05) is 0 Å². The fourth-order valence-corrected chi connectivity index (χ4v) is 4.24. The lowest BCUT2D eigenvalue weighted by molar-refractivity contribution is 0.610. The summed E-state index contributed by atoms with van der Waals surface area (Å²) in [6.45, 7) is 0. The number of allylic oxidation sites excluding steroid dienone is 1. The second-order valence-corrected chi connectivity index (χ2v) is 6.97. The van der Waals surface area contributed by atoms with Gasteiger partial charge in [0.1, 0.15) is 5.54 Å². The van der Waals surface area contributed by atoms with E-state index in [1.54, 1.807) is 6.33 Å². The van der Waals surface area contributed by atoms with Gasteiger partial charge in [-0.1, -0.05) is 97.1 Å². The van der Waals surface area contributed by atoms with Crippen LogP contribution in [0.4, 0.5) is 5.82 Å². The van der Waals surface area contributed by atoms with Crippen LogP contribution in [0.5, 0.6) is 0 Å². The maximum atomic E-state index is 4.70. The summed E-state index contributed by atoms with van der Waals surface area (Å²) in [6.07, 6.45) is 7.02. The highest BCUT2D eigenvalue weighted by Gasteiger charge is 2.43.